The van der Waals surface area contributed by atoms with Gasteiger partial charge in [-0.1, -0.05) is 20.3 Å². The Morgan fingerprint density at radius 2 is 2.15 bits per heavy atom. The molecule has 3 unspecified atom stereocenters. The third-order valence-corrected chi connectivity index (χ3v) is 4.43. The molecule has 114 valence electrons. The number of hydrogen-bond acceptors (Lipinski definition) is 3. The fourth-order valence-corrected chi connectivity index (χ4v) is 3.37. The van der Waals surface area contributed by atoms with Gasteiger partial charge < -0.3 is 15.0 Å². The number of nitrogens with zero attached hydrogens (tertiary/aromatic N) is 1. The van der Waals surface area contributed by atoms with Crippen molar-refractivity contribution in [2.75, 3.05) is 13.2 Å². The predicted molar refractivity (Wildman–Crippen MR) is 76.2 cm³/mol. The van der Waals surface area contributed by atoms with Crippen LogP contribution in [0.1, 0.15) is 52.9 Å². The van der Waals surface area contributed by atoms with E-state index in [9.17, 15) is 9.59 Å². The first-order valence-corrected chi connectivity index (χ1v) is 7.74. The summed E-state index contributed by atoms with van der Waals surface area (Å²) in [6.07, 6.45) is 4.08. The lowest BCUT2D eigenvalue weighted by Gasteiger charge is -2.50. The molecule has 2 heterocycles. The van der Waals surface area contributed by atoms with Gasteiger partial charge in [0, 0.05) is 6.61 Å². The average Bonchev–Trinajstić information content (AvgIpc) is 2.43. The Balaban J connectivity index is 2.28. The zero-order valence-corrected chi connectivity index (χ0v) is 12.8. The van der Waals surface area contributed by atoms with Crippen LogP contribution in [0.5, 0.6) is 0 Å². The maximum Gasteiger partial charge on any atom is 0.246 e. The lowest BCUT2D eigenvalue weighted by atomic mass is 9.87. The van der Waals surface area contributed by atoms with Gasteiger partial charge in [-0.2, -0.15) is 0 Å². The van der Waals surface area contributed by atoms with Crippen LogP contribution in [-0.4, -0.2) is 47.6 Å². The second-order valence-electron chi connectivity index (χ2n) is 6.14. The van der Waals surface area contributed by atoms with Crippen molar-refractivity contribution in [3.63, 3.8) is 0 Å². The van der Waals surface area contributed by atoms with Gasteiger partial charge >= 0.3 is 0 Å². The van der Waals surface area contributed by atoms with Crippen molar-refractivity contribution in [3.8, 4) is 0 Å². The molecule has 20 heavy (non-hydrogen) atoms. The minimum absolute atomic E-state index is 0.0163. The van der Waals surface area contributed by atoms with E-state index in [4.69, 9.17) is 4.74 Å². The molecule has 2 aliphatic rings. The molecule has 0 radical (unpaired) electrons. The lowest BCUT2D eigenvalue weighted by molar-refractivity contribution is -0.163. The summed E-state index contributed by atoms with van der Waals surface area (Å²) in [4.78, 5) is 26.9. The van der Waals surface area contributed by atoms with Gasteiger partial charge in [-0.15, -0.1) is 0 Å². The van der Waals surface area contributed by atoms with Crippen LogP contribution in [0, 0.1) is 0 Å². The summed E-state index contributed by atoms with van der Waals surface area (Å²) in [6, 6.07) is -0.726. The number of rotatable bonds is 4. The molecule has 1 N–H and O–H groups in total. The molecule has 0 aliphatic carbocycles. The van der Waals surface area contributed by atoms with E-state index in [1.165, 1.54) is 0 Å². The molecule has 0 aromatic heterocycles. The molecule has 5 heteroatoms. The molecule has 0 saturated carbocycles. The molecule has 2 saturated heterocycles. The van der Waals surface area contributed by atoms with Crippen LogP contribution >= 0.6 is 0 Å². The molecule has 2 fully saturated rings. The summed E-state index contributed by atoms with van der Waals surface area (Å²) < 4.78 is 5.58. The number of ether oxygens (including phenoxy) is 1. The molecule has 0 aromatic carbocycles. The molecule has 3 atom stereocenters. The molecule has 2 aliphatic heterocycles. The summed E-state index contributed by atoms with van der Waals surface area (Å²) in [6.45, 7) is 7.31. The standard InChI is InChI=1S/C15H26N2O3/c1-4-7-11-14(19)17(12(5-2)13(18)16-11)15(3)8-6-9-20-10-15/h11-12H,4-10H2,1-3H3,(H,16,18). The largest absolute Gasteiger partial charge is 0.379 e. The molecule has 0 aromatic rings. The van der Waals surface area contributed by atoms with Crippen molar-refractivity contribution in [2.24, 2.45) is 0 Å². The van der Waals surface area contributed by atoms with Gasteiger partial charge in [-0.3, -0.25) is 9.59 Å². The van der Waals surface area contributed by atoms with Crippen molar-refractivity contribution in [3.05, 3.63) is 0 Å². The Bertz CT molecular complexity index is 377. The first-order valence-electron chi connectivity index (χ1n) is 7.74. The van der Waals surface area contributed by atoms with Crippen LogP contribution < -0.4 is 5.32 Å². The SMILES string of the molecule is CCCC1NC(=O)C(CC)N(C2(C)CCCOC2)C1=O. The quantitative estimate of drug-likeness (QED) is 0.849. The Morgan fingerprint density at radius 1 is 1.40 bits per heavy atom. The molecule has 2 amide bonds. The highest BCUT2D eigenvalue weighted by atomic mass is 16.5. The van der Waals surface area contributed by atoms with Gasteiger partial charge in [-0.05, 0) is 32.6 Å². The van der Waals surface area contributed by atoms with E-state index >= 15 is 0 Å². The number of carbonyl (C=O) groups excluding carboxylic acids is 2. The Hall–Kier alpha value is -1.10. The highest BCUT2D eigenvalue weighted by Gasteiger charge is 2.48. The third kappa shape index (κ3) is 2.68. The van der Waals surface area contributed by atoms with Gasteiger partial charge in [0.25, 0.3) is 0 Å². The maximum atomic E-state index is 12.8. The maximum absolute atomic E-state index is 12.8. The summed E-state index contributed by atoms with van der Waals surface area (Å²) in [7, 11) is 0. The summed E-state index contributed by atoms with van der Waals surface area (Å²) in [5.74, 6) is 0.0450. The summed E-state index contributed by atoms with van der Waals surface area (Å²) in [5, 5.41) is 2.88. The van der Waals surface area contributed by atoms with Crippen LogP contribution in [0.25, 0.3) is 0 Å². The zero-order chi connectivity index (χ0) is 14.8. The normalized spacial score (nSPS) is 35.0. The van der Waals surface area contributed by atoms with Crippen molar-refractivity contribution in [1.82, 2.24) is 10.2 Å². The van der Waals surface area contributed by atoms with Crippen LogP contribution in [0.15, 0.2) is 0 Å². The molecule has 2 rings (SSSR count). The fourth-order valence-electron chi connectivity index (χ4n) is 3.37. The van der Waals surface area contributed by atoms with Crippen molar-refractivity contribution < 1.29 is 14.3 Å². The fraction of sp³-hybridized carbons (Fsp3) is 0.867. The lowest BCUT2D eigenvalue weighted by Crippen LogP contribution is -2.70. The molecular formula is C15H26N2O3. The number of piperazine rings is 1. The van der Waals surface area contributed by atoms with Gasteiger partial charge in [0.15, 0.2) is 0 Å². The number of amides is 2. The minimum atomic E-state index is -0.367. The van der Waals surface area contributed by atoms with E-state index in [2.05, 4.69) is 5.32 Å². The smallest absolute Gasteiger partial charge is 0.246 e. The Kier molecular flexibility index (Phi) is 4.68. The Labute approximate surface area is 121 Å². The molecule has 5 nitrogen and oxygen atoms in total. The number of nitrogens with one attached hydrogen (secondary N) is 1. The highest BCUT2D eigenvalue weighted by molar-refractivity contribution is 5.97. The van der Waals surface area contributed by atoms with Crippen LogP contribution in [0.3, 0.4) is 0 Å². The van der Waals surface area contributed by atoms with E-state index in [-0.39, 0.29) is 29.4 Å². The Morgan fingerprint density at radius 3 is 2.70 bits per heavy atom. The average molecular weight is 282 g/mol. The number of hydrogen-bond donors (Lipinski definition) is 1. The van der Waals surface area contributed by atoms with E-state index in [0.717, 1.165) is 25.9 Å². The first kappa shape index (κ1) is 15.3. The number of carbonyl (C=O) groups is 2. The molecular weight excluding hydrogens is 256 g/mol. The van der Waals surface area contributed by atoms with E-state index in [0.29, 0.717) is 19.4 Å². The monoisotopic (exact) mass is 282 g/mol. The van der Waals surface area contributed by atoms with Gasteiger partial charge in [-0.25, -0.2) is 0 Å². The zero-order valence-electron chi connectivity index (χ0n) is 12.8. The van der Waals surface area contributed by atoms with Crippen LogP contribution in [0.2, 0.25) is 0 Å². The first-order chi connectivity index (χ1) is 9.53. The summed E-state index contributed by atoms with van der Waals surface area (Å²) >= 11 is 0. The van der Waals surface area contributed by atoms with Crippen LogP contribution in [0.4, 0.5) is 0 Å². The van der Waals surface area contributed by atoms with Crippen LogP contribution in [-0.2, 0) is 14.3 Å². The van der Waals surface area contributed by atoms with E-state index < -0.39 is 0 Å². The highest BCUT2D eigenvalue weighted by Crippen LogP contribution is 2.31. The summed E-state index contributed by atoms with van der Waals surface area (Å²) in [5.41, 5.74) is -0.347. The van der Waals surface area contributed by atoms with E-state index in [1.54, 1.807) is 0 Å². The van der Waals surface area contributed by atoms with Crippen molar-refractivity contribution >= 4 is 11.8 Å². The predicted octanol–water partition coefficient (Wildman–Crippen LogP) is 1.46. The molecule has 0 bridgehead atoms. The van der Waals surface area contributed by atoms with Crippen molar-refractivity contribution in [2.45, 2.75) is 70.5 Å². The topological polar surface area (TPSA) is 58.6 Å². The van der Waals surface area contributed by atoms with Gasteiger partial charge in [0.2, 0.25) is 11.8 Å². The van der Waals surface area contributed by atoms with Crippen molar-refractivity contribution in [1.29, 1.82) is 0 Å². The molecule has 0 spiro atoms. The minimum Gasteiger partial charge on any atom is -0.379 e. The second kappa shape index (κ2) is 6.12. The van der Waals surface area contributed by atoms with Gasteiger partial charge in [0.1, 0.15) is 12.1 Å². The van der Waals surface area contributed by atoms with E-state index in [1.807, 2.05) is 25.7 Å². The van der Waals surface area contributed by atoms with Gasteiger partial charge in [0.05, 0.1) is 12.1 Å². The second-order valence-corrected chi connectivity index (χ2v) is 6.14. The third-order valence-electron chi connectivity index (χ3n) is 4.43.